The molecule has 0 atom stereocenters. The summed E-state index contributed by atoms with van der Waals surface area (Å²) in [4.78, 5) is 2.73. The first kappa shape index (κ1) is 14.9. The standard InChI is InChI=1S/C12H9N3.C5H4/c13-15-14-12-8-6-11(7-9-12)10-4-2-1-3-5-10;1-3-5-4-2/h1-9H;1H,2H3. The van der Waals surface area contributed by atoms with Gasteiger partial charge in [0.25, 0.3) is 0 Å². The molecule has 0 aliphatic rings. The maximum atomic E-state index is 8.26. The van der Waals surface area contributed by atoms with Crippen LogP contribution < -0.4 is 0 Å². The second-order valence-corrected chi connectivity index (χ2v) is 3.62. The van der Waals surface area contributed by atoms with Crippen LogP contribution >= 0.6 is 0 Å². The zero-order chi connectivity index (χ0) is 14.6. The molecular formula is C17H13N3. The summed E-state index contributed by atoms with van der Waals surface area (Å²) in [5.41, 5.74) is 11.2. The average Bonchev–Trinajstić information content (AvgIpc) is 2.51. The molecule has 2 aromatic carbocycles. The first-order chi connectivity index (χ1) is 9.81. The van der Waals surface area contributed by atoms with Crippen LogP contribution in [0.4, 0.5) is 5.69 Å². The summed E-state index contributed by atoms with van der Waals surface area (Å²) in [5.74, 6) is 7.08. The average molecular weight is 259 g/mol. The molecule has 2 rings (SSSR count). The van der Waals surface area contributed by atoms with Crippen molar-refractivity contribution in [2.45, 2.75) is 6.92 Å². The van der Waals surface area contributed by atoms with E-state index in [4.69, 9.17) is 12.0 Å². The van der Waals surface area contributed by atoms with Gasteiger partial charge >= 0.3 is 0 Å². The number of hydrogen-bond acceptors (Lipinski definition) is 1. The van der Waals surface area contributed by atoms with Crippen LogP contribution in [0.15, 0.2) is 59.7 Å². The summed E-state index contributed by atoms with van der Waals surface area (Å²) in [6.45, 7) is 1.71. The summed E-state index contributed by atoms with van der Waals surface area (Å²) in [5, 5.41) is 3.52. The van der Waals surface area contributed by atoms with Crippen molar-refractivity contribution in [3.8, 4) is 35.3 Å². The molecule has 0 aromatic heterocycles. The van der Waals surface area contributed by atoms with Gasteiger partial charge in [0.15, 0.2) is 0 Å². The molecule has 0 fully saturated rings. The molecule has 0 N–H and O–H groups in total. The largest absolute Gasteiger partial charge is 0.106 e. The molecule has 0 aliphatic heterocycles. The van der Waals surface area contributed by atoms with Gasteiger partial charge in [-0.25, -0.2) is 0 Å². The van der Waals surface area contributed by atoms with Crippen molar-refractivity contribution in [2.24, 2.45) is 5.11 Å². The topological polar surface area (TPSA) is 48.8 Å². The molecule has 0 radical (unpaired) electrons. The van der Waals surface area contributed by atoms with Gasteiger partial charge < -0.3 is 0 Å². The lowest BCUT2D eigenvalue weighted by Crippen LogP contribution is -1.74. The van der Waals surface area contributed by atoms with Gasteiger partial charge in [0, 0.05) is 10.6 Å². The first-order valence-corrected chi connectivity index (χ1v) is 5.89. The Balaban J connectivity index is 0.000000347. The van der Waals surface area contributed by atoms with E-state index in [1.807, 2.05) is 54.6 Å². The lowest BCUT2D eigenvalue weighted by molar-refractivity contribution is 1.47. The predicted octanol–water partition coefficient (Wildman–Crippen LogP) is 4.94. The second kappa shape index (κ2) is 8.89. The number of hydrogen-bond donors (Lipinski definition) is 0. The van der Waals surface area contributed by atoms with Crippen molar-refractivity contribution >= 4 is 5.69 Å². The Morgan fingerprint density at radius 2 is 1.60 bits per heavy atom. The Morgan fingerprint density at radius 3 is 2.05 bits per heavy atom. The molecule has 20 heavy (non-hydrogen) atoms. The molecule has 0 aliphatic carbocycles. The Labute approximate surface area is 118 Å². The molecule has 0 unspecified atom stereocenters. The third kappa shape index (κ3) is 5.02. The molecule has 0 heterocycles. The Kier molecular flexibility index (Phi) is 6.63. The fourth-order valence-electron chi connectivity index (χ4n) is 1.47. The maximum Gasteiger partial charge on any atom is 0.0375 e. The summed E-state index contributed by atoms with van der Waals surface area (Å²) >= 11 is 0. The van der Waals surface area contributed by atoms with Crippen molar-refractivity contribution in [1.29, 1.82) is 0 Å². The van der Waals surface area contributed by atoms with Gasteiger partial charge in [-0.3, -0.25) is 0 Å². The molecule has 3 nitrogen and oxygen atoms in total. The monoisotopic (exact) mass is 259 g/mol. The zero-order valence-corrected chi connectivity index (χ0v) is 11.1. The van der Waals surface area contributed by atoms with Crippen LogP contribution in [-0.4, -0.2) is 0 Å². The third-order valence-corrected chi connectivity index (χ3v) is 2.33. The smallest absolute Gasteiger partial charge is 0.0375 e. The van der Waals surface area contributed by atoms with Gasteiger partial charge in [0.2, 0.25) is 0 Å². The lowest BCUT2D eigenvalue weighted by Gasteiger charge is -2.00. The minimum absolute atomic E-state index is 0.636. The number of nitrogens with zero attached hydrogens (tertiary/aromatic N) is 3. The van der Waals surface area contributed by atoms with E-state index in [-0.39, 0.29) is 0 Å². The van der Waals surface area contributed by atoms with Gasteiger partial charge in [-0.05, 0) is 35.4 Å². The Hall–Kier alpha value is -3.13. The highest BCUT2D eigenvalue weighted by atomic mass is 15.1. The highest BCUT2D eigenvalue weighted by Crippen LogP contribution is 2.22. The molecule has 0 saturated heterocycles. The maximum absolute atomic E-state index is 8.26. The number of rotatable bonds is 2. The Morgan fingerprint density at radius 1 is 1.00 bits per heavy atom. The quantitative estimate of drug-likeness (QED) is 0.317. The summed E-state index contributed by atoms with van der Waals surface area (Å²) in [6.07, 6.45) is 4.72. The van der Waals surface area contributed by atoms with Crippen molar-refractivity contribution in [1.82, 2.24) is 0 Å². The minimum atomic E-state index is 0.636. The highest BCUT2D eigenvalue weighted by Gasteiger charge is 1.95. The van der Waals surface area contributed by atoms with E-state index in [2.05, 4.69) is 27.8 Å². The zero-order valence-electron chi connectivity index (χ0n) is 11.1. The molecule has 96 valence electrons. The molecule has 3 heteroatoms. The number of benzene rings is 2. The molecule has 0 saturated carbocycles. The predicted molar refractivity (Wildman–Crippen MR) is 83.0 cm³/mol. The van der Waals surface area contributed by atoms with E-state index in [1.165, 1.54) is 0 Å². The van der Waals surface area contributed by atoms with E-state index in [0.29, 0.717) is 5.69 Å². The van der Waals surface area contributed by atoms with Gasteiger partial charge in [0.05, 0.1) is 0 Å². The van der Waals surface area contributed by atoms with Crippen molar-refractivity contribution in [3.63, 3.8) is 0 Å². The SMILES string of the molecule is C#CC#CC.[N-]=[N+]=Nc1ccc(-c2ccccc2)cc1. The van der Waals surface area contributed by atoms with Gasteiger partial charge in [-0.1, -0.05) is 65.6 Å². The highest BCUT2D eigenvalue weighted by molar-refractivity contribution is 5.65. The van der Waals surface area contributed by atoms with Gasteiger partial charge in [0.1, 0.15) is 0 Å². The fraction of sp³-hybridized carbons (Fsp3) is 0.0588. The van der Waals surface area contributed by atoms with E-state index >= 15 is 0 Å². The summed E-state index contributed by atoms with van der Waals surface area (Å²) in [7, 11) is 0. The molecule has 0 amide bonds. The molecular weight excluding hydrogens is 246 g/mol. The van der Waals surface area contributed by atoms with Crippen LogP contribution in [-0.2, 0) is 0 Å². The van der Waals surface area contributed by atoms with Crippen LogP contribution in [0, 0.1) is 24.2 Å². The minimum Gasteiger partial charge on any atom is -0.106 e. The lowest BCUT2D eigenvalue weighted by atomic mass is 10.1. The van der Waals surface area contributed by atoms with E-state index in [1.54, 1.807) is 6.92 Å². The van der Waals surface area contributed by atoms with Crippen molar-refractivity contribution in [2.75, 3.05) is 0 Å². The van der Waals surface area contributed by atoms with Crippen LogP contribution in [0.25, 0.3) is 21.6 Å². The van der Waals surface area contributed by atoms with Gasteiger partial charge in [-0.2, -0.15) is 0 Å². The third-order valence-electron chi connectivity index (χ3n) is 2.33. The van der Waals surface area contributed by atoms with E-state index < -0.39 is 0 Å². The fourth-order valence-corrected chi connectivity index (χ4v) is 1.47. The number of terminal acetylenes is 1. The second-order valence-electron chi connectivity index (χ2n) is 3.62. The van der Waals surface area contributed by atoms with Crippen molar-refractivity contribution in [3.05, 3.63) is 65.0 Å². The molecule has 0 bridgehead atoms. The van der Waals surface area contributed by atoms with Crippen LogP contribution in [0.3, 0.4) is 0 Å². The summed E-state index contributed by atoms with van der Waals surface area (Å²) in [6, 6.07) is 17.6. The van der Waals surface area contributed by atoms with Crippen LogP contribution in [0.2, 0.25) is 0 Å². The number of azide groups is 1. The van der Waals surface area contributed by atoms with Gasteiger partial charge in [-0.15, -0.1) is 6.42 Å². The summed E-state index contributed by atoms with van der Waals surface area (Å²) < 4.78 is 0. The van der Waals surface area contributed by atoms with Crippen LogP contribution in [0.5, 0.6) is 0 Å². The molecule has 0 spiro atoms. The normalized spacial score (nSPS) is 7.80. The van der Waals surface area contributed by atoms with E-state index in [0.717, 1.165) is 11.1 Å². The first-order valence-electron chi connectivity index (χ1n) is 5.89. The Bertz CT molecular complexity index is 677. The van der Waals surface area contributed by atoms with Crippen LogP contribution in [0.1, 0.15) is 6.92 Å². The van der Waals surface area contributed by atoms with E-state index in [9.17, 15) is 0 Å². The molecule has 2 aromatic rings. The van der Waals surface area contributed by atoms with Crippen molar-refractivity contribution < 1.29 is 0 Å².